The van der Waals surface area contributed by atoms with Gasteiger partial charge in [0.25, 0.3) is 0 Å². The van der Waals surface area contributed by atoms with Crippen LogP contribution < -0.4 is 0 Å². The van der Waals surface area contributed by atoms with Gasteiger partial charge in [-0.2, -0.15) is 0 Å². The summed E-state index contributed by atoms with van der Waals surface area (Å²) >= 11 is 0. The molecule has 9 heavy (non-hydrogen) atoms. The molecule has 0 heterocycles. The van der Waals surface area contributed by atoms with Gasteiger partial charge >= 0.3 is 0 Å². The normalized spacial score (nSPS) is 12.0. The highest BCUT2D eigenvalue weighted by molar-refractivity contribution is 6.28. The topological polar surface area (TPSA) is 27.7 Å². The molecule has 0 spiro atoms. The maximum Gasteiger partial charge on any atom is 0.223 e. The van der Waals surface area contributed by atoms with Crippen LogP contribution in [0.1, 0.15) is 6.92 Å². The number of methoxy groups -OCH3 is 2. The molecule has 4 heteroatoms. The van der Waals surface area contributed by atoms with Gasteiger partial charge in [0.05, 0.1) is 0 Å². The van der Waals surface area contributed by atoms with Crippen molar-refractivity contribution in [2.75, 3.05) is 20.8 Å². The average molecular weight is 150 g/mol. The van der Waals surface area contributed by atoms with Gasteiger partial charge in [-0.05, 0) is 6.92 Å². The summed E-state index contributed by atoms with van der Waals surface area (Å²) in [6.45, 7) is 2.73. The number of ether oxygens (including phenoxy) is 2. The Kier molecular flexibility index (Phi) is 6.29. The first kappa shape index (κ1) is 9.10. The molecule has 0 saturated carbocycles. The summed E-state index contributed by atoms with van der Waals surface area (Å²) in [6, 6.07) is 0. The Morgan fingerprint density at radius 1 is 1.33 bits per heavy atom. The molecule has 0 rings (SSSR count). The second-order valence-corrected chi connectivity index (χ2v) is 2.97. The number of hydrogen-bond donors (Lipinski definition) is 0. The highest BCUT2D eigenvalue weighted by Crippen LogP contribution is 1.87. The molecule has 0 aromatic rings. The van der Waals surface area contributed by atoms with Gasteiger partial charge in [-0.3, -0.25) is 0 Å². The van der Waals surface area contributed by atoms with Crippen molar-refractivity contribution in [3.8, 4) is 0 Å². The predicted molar refractivity (Wildman–Crippen MR) is 38.0 cm³/mol. The third-order valence-electron chi connectivity index (χ3n) is 0.984. The molecule has 0 aromatic heterocycles. The maximum absolute atomic E-state index is 5.17. The number of hydrogen-bond acceptors (Lipinski definition) is 3. The van der Waals surface area contributed by atoms with Crippen LogP contribution >= 0.6 is 0 Å². The van der Waals surface area contributed by atoms with E-state index >= 15 is 0 Å². The van der Waals surface area contributed by atoms with E-state index in [4.69, 9.17) is 13.9 Å². The van der Waals surface area contributed by atoms with Gasteiger partial charge < -0.3 is 13.9 Å². The van der Waals surface area contributed by atoms with E-state index in [2.05, 4.69) is 0 Å². The molecule has 56 valence electrons. The quantitative estimate of drug-likeness (QED) is 0.397. The third-order valence-corrected chi connectivity index (χ3v) is 2.57. The lowest BCUT2D eigenvalue weighted by Gasteiger charge is -2.11. The van der Waals surface area contributed by atoms with E-state index in [0.29, 0.717) is 0 Å². The lowest BCUT2D eigenvalue weighted by atomic mass is 10.9. The fourth-order valence-electron chi connectivity index (χ4n) is 0.446. The molecule has 0 amide bonds. The van der Waals surface area contributed by atoms with E-state index in [1.165, 1.54) is 0 Å². The molecule has 0 atom stereocenters. The van der Waals surface area contributed by atoms with Crippen molar-refractivity contribution in [1.29, 1.82) is 0 Å². The van der Waals surface area contributed by atoms with Crippen molar-refractivity contribution < 1.29 is 13.9 Å². The highest BCUT2D eigenvalue weighted by atomic mass is 28.2. The predicted octanol–water partition coefficient (Wildman–Crippen LogP) is -0.317. The Morgan fingerprint density at radius 2 is 1.89 bits per heavy atom. The smallest absolute Gasteiger partial charge is 0.223 e. The molecule has 0 fully saturated rings. The molecule has 0 aliphatic heterocycles. The summed E-state index contributed by atoms with van der Waals surface area (Å²) in [4.78, 5) is 0. The van der Waals surface area contributed by atoms with E-state index in [0.717, 1.165) is 6.61 Å². The molecule has 0 aliphatic carbocycles. The van der Waals surface area contributed by atoms with Gasteiger partial charge in [-0.15, -0.1) is 0 Å². The van der Waals surface area contributed by atoms with Crippen LogP contribution in [0.2, 0.25) is 0 Å². The van der Waals surface area contributed by atoms with Crippen molar-refractivity contribution in [3.05, 3.63) is 0 Å². The van der Waals surface area contributed by atoms with Crippen molar-refractivity contribution >= 4 is 9.76 Å². The molecule has 3 nitrogen and oxygen atoms in total. The van der Waals surface area contributed by atoms with Gasteiger partial charge in [-0.25, -0.2) is 0 Å². The van der Waals surface area contributed by atoms with Crippen LogP contribution in [0, 0.1) is 0 Å². The first-order chi connectivity index (χ1) is 4.35. The third kappa shape index (κ3) is 4.59. The first-order valence-electron chi connectivity index (χ1n) is 2.98. The fourth-order valence-corrected chi connectivity index (χ4v) is 1.15. The summed E-state index contributed by atoms with van der Waals surface area (Å²) in [5.74, 6) is -0.0788. The second-order valence-electron chi connectivity index (χ2n) is 1.56. The highest BCUT2D eigenvalue weighted by Gasteiger charge is 2.03. The standard InChI is InChI=1S/C5H14O3Si/c1-4-8-9-5(6-2)7-3/h5H,4,9H2,1-3H3. The molecule has 0 saturated heterocycles. The zero-order valence-electron chi connectivity index (χ0n) is 6.22. The minimum Gasteiger partial charge on any atom is -0.418 e. The van der Waals surface area contributed by atoms with E-state index in [1.54, 1.807) is 14.2 Å². The SMILES string of the molecule is CCO[SiH2]C(OC)OC. The summed E-state index contributed by atoms with van der Waals surface area (Å²) in [6.07, 6.45) is 0. The van der Waals surface area contributed by atoms with E-state index in [1.807, 2.05) is 6.92 Å². The minimum absolute atomic E-state index is 0.0788. The van der Waals surface area contributed by atoms with E-state index < -0.39 is 9.76 Å². The molecule has 0 bridgehead atoms. The van der Waals surface area contributed by atoms with Crippen molar-refractivity contribution in [2.24, 2.45) is 0 Å². The first-order valence-corrected chi connectivity index (χ1v) is 4.37. The largest absolute Gasteiger partial charge is 0.418 e. The van der Waals surface area contributed by atoms with Crippen molar-refractivity contribution in [1.82, 2.24) is 0 Å². The van der Waals surface area contributed by atoms with Crippen LogP contribution in [0.3, 0.4) is 0 Å². The van der Waals surface area contributed by atoms with Crippen LogP contribution in [-0.4, -0.2) is 36.5 Å². The molecule has 0 aliphatic rings. The summed E-state index contributed by atoms with van der Waals surface area (Å²) in [7, 11) is 2.63. The molecule has 0 unspecified atom stereocenters. The van der Waals surface area contributed by atoms with Crippen molar-refractivity contribution in [2.45, 2.75) is 12.8 Å². The van der Waals surface area contributed by atoms with Gasteiger partial charge in [0.2, 0.25) is 9.76 Å². The van der Waals surface area contributed by atoms with Crippen molar-refractivity contribution in [3.63, 3.8) is 0 Å². The van der Waals surface area contributed by atoms with Gasteiger partial charge in [-0.1, -0.05) is 0 Å². The van der Waals surface area contributed by atoms with Crippen LogP contribution in [0.4, 0.5) is 0 Å². The second kappa shape index (κ2) is 6.22. The Morgan fingerprint density at radius 3 is 2.22 bits per heavy atom. The van der Waals surface area contributed by atoms with Gasteiger partial charge in [0.1, 0.15) is 0 Å². The Labute approximate surface area is 58.2 Å². The van der Waals surface area contributed by atoms with Crippen LogP contribution in [0.15, 0.2) is 0 Å². The maximum atomic E-state index is 5.17. The fraction of sp³-hybridized carbons (Fsp3) is 1.00. The van der Waals surface area contributed by atoms with Gasteiger partial charge in [0.15, 0.2) is 5.91 Å². The lowest BCUT2D eigenvalue weighted by molar-refractivity contribution is -0.0524. The molecule has 0 N–H and O–H groups in total. The van der Waals surface area contributed by atoms with E-state index in [9.17, 15) is 0 Å². The molecule has 0 aromatic carbocycles. The monoisotopic (exact) mass is 150 g/mol. The molecular weight excluding hydrogens is 136 g/mol. The Balaban J connectivity index is 3.09. The summed E-state index contributed by atoms with van der Waals surface area (Å²) < 4.78 is 15.0. The minimum atomic E-state index is -0.619. The zero-order valence-corrected chi connectivity index (χ0v) is 7.63. The summed E-state index contributed by atoms with van der Waals surface area (Å²) in [5, 5.41) is 0. The Bertz CT molecular complexity index is 56.2. The number of rotatable bonds is 5. The van der Waals surface area contributed by atoms with Crippen LogP contribution in [0.25, 0.3) is 0 Å². The van der Waals surface area contributed by atoms with Crippen LogP contribution in [-0.2, 0) is 13.9 Å². The molecule has 0 radical (unpaired) electrons. The van der Waals surface area contributed by atoms with E-state index in [-0.39, 0.29) is 5.91 Å². The summed E-state index contributed by atoms with van der Waals surface area (Å²) in [5.41, 5.74) is 0. The zero-order chi connectivity index (χ0) is 7.11. The lowest BCUT2D eigenvalue weighted by Crippen LogP contribution is -2.23. The Hall–Kier alpha value is 0.0969. The van der Waals surface area contributed by atoms with Gasteiger partial charge in [0, 0.05) is 20.8 Å². The molecular formula is C5H14O3Si. The average Bonchev–Trinajstić information content (AvgIpc) is 1.91. The van der Waals surface area contributed by atoms with Crippen LogP contribution in [0.5, 0.6) is 0 Å².